The van der Waals surface area contributed by atoms with Gasteiger partial charge in [-0.25, -0.2) is 0 Å². The van der Waals surface area contributed by atoms with Crippen LogP contribution >= 0.6 is 17.0 Å². The van der Waals surface area contributed by atoms with Gasteiger partial charge in [0.05, 0.1) is 0 Å². The second-order valence-corrected chi connectivity index (χ2v) is 1.13. The SMILES string of the molecule is Br.O=[N+]([O-])CCCO. The normalized spacial score (nSPS) is 7.62. The van der Waals surface area contributed by atoms with E-state index in [1.165, 1.54) is 0 Å². The molecule has 4 nitrogen and oxygen atoms in total. The summed E-state index contributed by atoms with van der Waals surface area (Å²) in [6, 6.07) is 0. The summed E-state index contributed by atoms with van der Waals surface area (Å²) in [6.45, 7) is -0.225. The van der Waals surface area contributed by atoms with Crippen molar-refractivity contribution in [1.82, 2.24) is 0 Å². The van der Waals surface area contributed by atoms with Crippen molar-refractivity contribution in [2.24, 2.45) is 0 Å². The molecule has 50 valence electrons. The molecule has 0 spiro atoms. The average Bonchev–Trinajstić information content (AvgIpc) is 1.61. The maximum atomic E-state index is 9.45. The van der Waals surface area contributed by atoms with Gasteiger partial charge in [-0.2, -0.15) is 0 Å². The molecule has 0 aliphatic heterocycles. The highest BCUT2D eigenvalue weighted by Gasteiger charge is 1.91. The quantitative estimate of drug-likeness (QED) is 0.506. The van der Waals surface area contributed by atoms with E-state index in [9.17, 15) is 10.1 Å². The van der Waals surface area contributed by atoms with Gasteiger partial charge < -0.3 is 5.11 Å². The lowest BCUT2D eigenvalue weighted by Gasteiger charge is -1.84. The van der Waals surface area contributed by atoms with Gasteiger partial charge in [-0.05, 0) is 0 Å². The number of nitro groups is 1. The molecule has 0 unspecified atom stereocenters. The molecule has 0 aliphatic rings. The highest BCUT2D eigenvalue weighted by molar-refractivity contribution is 8.93. The molecule has 0 bridgehead atoms. The summed E-state index contributed by atoms with van der Waals surface area (Å²) in [5, 5.41) is 17.5. The molecule has 0 aromatic carbocycles. The van der Waals surface area contributed by atoms with E-state index < -0.39 is 4.92 Å². The molecule has 5 heteroatoms. The number of aliphatic hydroxyl groups excluding tert-OH is 1. The molecular formula is C3H8BrNO3. The van der Waals surface area contributed by atoms with E-state index in [0.717, 1.165) is 0 Å². The number of halogens is 1. The monoisotopic (exact) mass is 185 g/mol. The predicted molar refractivity (Wildman–Crippen MR) is 33.9 cm³/mol. The van der Waals surface area contributed by atoms with Crippen molar-refractivity contribution in [3.8, 4) is 0 Å². The van der Waals surface area contributed by atoms with Gasteiger partial charge in [0.25, 0.3) is 0 Å². The van der Waals surface area contributed by atoms with Gasteiger partial charge in [0.2, 0.25) is 6.54 Å². The smallest absolute Gasteiger partial charge is 0.206 e. The lowest BCUT2D eigenvalue weighted by atomic mass is 10.5. The lowest BCUT2D eigenvalue weighted by molar-refractivity contribution is -0.480. The van der Waals surface area contributed by atoms with Gasteiger partial charge in [-0.3, -0.25) is 10.1 Å². The van der Waals surface area contributed by atoms with Crippen LogP contribution in [0, 0.1) is 10.1 Å². The van der Waals surface area contributed by atoms with Crippen LogP contribution in [0.2, 0.25) is 0 Å². The van der Waals surface area contributed by atoms with Crippen LogP contribution in [0.1, 0.15) is 6.42 Å². The van der Waals surface area contributed by atoms with E-state index in [1.54, 1.807) is 0 Å². The van der Waals surface area contributed by atoms with Gasteiger partial charge in [0.1, 0.15) is 0 Å². The topological polar surface area (TPSA) is 63.4 Å². The molecule has 0 amide bonds. The summed E-state index contributed by atoms with van der Waals surface area (Å²) >= 11 is 0. The summed E-state index contributed by atoms with van der Waals surface area (Å²) in [5.41, 5.74) is 0. The van der Waals surface area contributed by atoms with E-state index in [1.807, 2.05) is 0 Å². The summed E-state index contributed by atoms with van der Waals surface area (Å²) < 4.78 is 0. The van der Waals surface area contributed by atoms with Crippen LogP contribution in [-0.2, 0) is 0 Å². The maximum absolute atomic E-state index is 9.45. The van der Waals surface area contributed by atoms with Crippen LogP contribution in [0.15, 0.2) is 0 Å². The minimum absolute atomic E-state index is 0. The number of aliphatic hydroxyl groups is 1. The highest BCUT2D eigenvalue weighted by atomic mass is 79.9. The van der Waals surface area contributed by atoms with E-state index in [4.69, 9.17) is 5.11 Å². The van der Waals surface area contributed by atoms with Gasteiger partial charge in [-0.1, -0.05) is 0 Å². The summed E-state index contributed by atoms with van der Waals surface area (Å²) in [6.07, 6.45) is 0.257. The second kappa shape index (κ2) is 6.84. The van der Waals surface area contributed by atoms with E-state index >= 15 is 0 Å². The fourth-order valence-corrected chi connectivity index (χ4v) is 0.200. The number of nitrogens with zero attached hydrogens (tertiary/aromatic N) is 1. The Bertz CT molecular complexity index is 67.5. The van der Waals surface area contributed by atoms with Crippen molar-refractivity contribution in [2.45, 2.75) is 6.42 Å². The highest BCUT2D eigenvalue weighted by Crippen LogP contribution is 1.74. The van der Waals surface area contributed by atoms with Crippen LogP contribution in [0.25, 0.3) is 0 Å². The molecular weight excluding hydrogens is 178 g/mol. The Labute approximate surface area is 57.4 Å². The molecule has 0 saturated carbocycles. The molecule has 8 heavy (non-hydrogen) atoms. The Hall–Kier alpha value is -0.160. The van der Waals surface area contributed by atoms with Crippen LogP contribution in [0.3, 0.4) is 0 Å². The van der Waals surface area contributed by atoms with Crippen molar-refractivity contribution in [3.63, 3.8) is 0 Å². The molecule has 0 atom stereocenters. The number of hydrogen-bond acceptors (Lipinski definition) is 3. The first-order valence-corrected chi connectivity index (χ1v) is 2.00. The van der Waals surface area contributed by atoms with Gasteiger partial charge in [-0.15, -0.1) is 17.0 Å². The Morgan fingerprint density at radius 3 is 2.25 bits per heavy atom. The molecule has 0 aliphatic carbocycles. The fourth-order valence-electron chi connectivity index (χ4n) is 0.200. The average molecular weight is 186 g/mol. The van der Waals surface area contributed by atoms with Crippen molar-refractivity contribution >= 4 is 17.0 Å². The Kier molecular flexibility index (Phi) is 9.20. The third kappa shape index (κ3) is 9.28. The Morgan fingerprint density at radius 2 is 2.12 bits per heavy atom. The van der Waals surface area contributed by atoms with E-state index in [2.05, 4.69) is 0 Å². The molecule has 1 N–H and O–H groups in total. The Morgan fingerprint density at radius 1 is 1.62 bits per heavy atom. The minimum atomic E-state index is -0.448. The largest absolute Gasteiger partial charge is 0.396 e. The fraction of sp³-hybridized carbons (Fsp3) is 1.00. The van der Waals surface area contributed by atoms with Crippen LogP contribution < -0.4 is 0 Å². The van der Waals surface area contributed by atoms with Gasteiger partial charge in [0.15, 0.2) is 0 Å². The standard InChI is InChI=1S/C3H7NO3.BrH/c5-3-1-2-4(6)7;/h5H,1-3H2;1H. The van der Waals surface area contributed by atoms with Crippen molar-refractivity contribution in [3.05, 3.63) is 10.1 Å². The molecule has 0 heterocycles. The van der Waals surface area contributed by atoms with E-state index in [0.29, 0.717) is 0 Å². The zero-order valence-electron chi connectivity index (χ0n) is 4.24. The first-order chi connectivity index (χ1) is 3.27. The second-order valence-electron chi connectivity index (χ2n) is 1.13. The van der Waals surface area contributed by atoms with Crippen molar-refractivity contribution in [2.75, 3.05) is 13.2 Å². The van der Waals surface area contributed by atoms with Crippen LogP contribution in [0.4, 0.5) is 0 Å². The van der Waals surface area contributed by atoms with E-state index in [-0.39, 0.29) is 36.6 Å². The first-order valence-electron chi connectivity index (χ1n) is 2.00. The maximum Gasteiger partial charge on any atom is 0.206 e. The molecule has 0 aromatic rings. The third-order valence-corrected chi connectivity index (χ3v) is 0.499. The first kappa shape index (κ1) is 10.8. The molecule has 0 aromatic heterocycles. The zero-order valence-corrected chi connectivity index (χ0v) is 5.95. The van der Waals surface area contributed by atoms with Gasteiger partial charge >= 0.3 is 0 Å². The molecule has 0 rings (SSSR count). The zero-order chi connectivity index (χ0) is 5.70. The number of rotatable bonds is 3. The lowest BCUT2D eigenvalue weighted by Crippen LogP contribution is -2.01. The predicted octanol–water partition coefficient (Wildman–Crippen LogP) is 0.223. The van der Waals surface area contributed by atoms with Crippen LogP contribution in [0.5, 0.6) is 0 Å². The minimum Gasteiger partial charge on any atom is -0.396 e. The molecule has 0 fully saturated rings. The van der Waals surface area contributed by atoms with Gasteiger partial charge in [0, 0.05) is 18.0 Å². The van der Waals surface area contributed by atoms with Crippen molar-refractivity contribution < 1.29 is 10.0 Å². The van der Waals surface area contributed by atoms with Crippen molar-refractivity contribution in [1.29, 1.82) is 0 Å². The van der Waals surface area contributed by atoms with Crippen LogP contribution in [-0.4, -0.2) is 23.2 Å². The number of hydrogen-bond donors (Lipinski definition) is 1. The Balaban J connectivity index is 0. The molecule has 0 saturated heterocycles. The summed E-state index contributed by atoms with van der Waals surface area (Å²) in [5.74, 6) is 0. The molecule has 0 radical (unpaired) electrons. The summed E-state index contributed by atoms with van der Waals surface area (Å²) in [4.78, 5) is 9.00. The third-order valence-electron chi connectivity index (χ3n) is 0.499. The summed E-state index contributed by atoms with van der Waals surface area (Å²) in [7, 11) is 0.